The molecule has 0 amide bonds. The number of hydrogen-bond acceptors (Lipinski definition) is 4. The Morgan fingerprint density at radius 2 is 1.73 bits per heavy atom. The highest BCUT2D eigenvalue weighted by molar-refractivity contribution is 5.52. The van der Waals surface area contributed by atoms with Gasteiger partial charge < -0.3 is 15.3 Å². The molecule has 7 heteroatoms. The second-order valence-electron chi connectivity index (χ2n) is 6.28. The van der Waals surface area contributed by atoms with E-state index in [2.05, 4.69) is 5.32 Å². The van der Waals surface area contributed by atoms with Crippen molar-refractivity contribution in [2.45, 2.75) is 25.5 Å². The average Bonchev–Trinajstić information content (AvgIpc) is 2.62. The first-order valence-corrected chi connectivity index (χ1v) is 8.32. The third-order valence-electron chi connectivity index (χ3n) is 4.46. The van der Waals surface area contributed by atoms with Gasteiger partial charge in [0.15, 0.2) is 11.6 Å². The highest BCUT2D eigenvalue weighted by atomic mass is 19.1. The van der Waals surface area contributed by atoms with Crippen molar-refractivity contribution in [3.8, 4) is 6.07 Å². The molecule has 3 rings (SSSR count). The predicted molar refractivity (Wildman–Crippen MR) is 92.3 cm³/mol. The summed E-state index contributed by atoms with van der Waals surface area (Å²) in [5, 5.41) is 20.8. The van der Waals surface area contributed by atoms with Crippen molar-refractivity contribution in [2.75, 3.05) is 23.3 Å². The predicted octanol–water partition coefficient (Wildman–Crippen LogP) is 3.55. The smallest absolute Gasteiger partial charge is 0.150 e. The largest absolute Gasteiger partial charge is 0.393 e. The van der Waals surface area contributed by atoms with Crippen LogP contribution in [0.4, 0.5) is 24.5 Å². The Balaban J connectivity index is 1.70. The van der Waals surface area contributed by atoms with Crippen molar-refractivity contribution in [3.05, 3.63) is 58.9 Å². The first-order chi connectivity index (χ1) is 12.5. The van der Waals surface area contributed by atoms with Gasteiger partial charge in [0, 0.05) is 19.6 Å². The minimum absolute atomic E-state index is 0.0374. The first-order valence-electron chi connectivity index (χ1n) is 8.32. The van der Waals surface area contributed by atoms with Crippen molar-refractivity contribution in [2.24, 2.45) is 0 Å². The molecule has 4 nitrogen and oxygen atoms in total. The average molecular weight is 361 g/mol. The molecular weight excluding hydrogens is 343 g/mol. The molecular formula is C19H18F3N3O. The van der Waals surface area contributed by atoms with Crippen LogP contribution in [0.2, 0.25) is 0 Å². The summed E-state index contributed by atoms with van der Waals surface area (Å²) >= 11 is 0. The van der Waals surface area contributed by atoms with Gasteiger partial charge in [-0.2, -0.15) is 5.26 Å². The molecule has 2 N–H and O–H groups in total. The Labute approximate surface area is 149 Å². The van der Waals surface area contributed by atoms with Crippen LogP contribution in [0.5, 0.6) is 0 Å². The molecule has 1 aliphatic heterocycles. The molecule has 0 saturated carbocycles. The lowest BCUT2D eigenvalue weighted by molar-refractivity contribution is 0.145. The van der Waals surface area contributed by atoms with E-state index in [1.807, 2.05) is 4.90 Å². The van der Waals surface area contributed by atoms with E-state index in [1.165, 1.54) is 6.07 Å². The second kappa shape index (κ2) is 7.67. The first kappa shape index (κ1) is 18.1. The third-order valence-corrected chi connectivity index (χ3v) is 4.46. The molecule has 1 aliphatic rings. The monoisotopic (exact) mass is 361 g/mol. The summed E-state index contributed by atoms with van der Waals surface area (Å²) in [7, 11) is 0. The number of halogens is 3. The molecule has 0 radical (unpaired) electrons. The van der Waals surface area contributed by atoms with Crippen LogP contribution in [0, 0.1) is 28.8 Å². The maximum absolute atomic E-state index is 14.4. The van der Waals surface area contributed by atoms with Crippen LogP contribution in [-0.2, 0) is 6.54 Å². The Bertz CT molecular complexity index is 819. The minimum atomic E-state index is -0.870. The number of nitrogens with one attached hydrogen (secondary N) is 1. The van der Waals surface area contributed by atoms with Crippen LogP contribution in [0.25, 0.3) is 0 Å². The number of nitrogens with zero attached hydrogens (tertiary/aromatic N) is 2. The van der Waals surface area contributed by atoms with E-state index >= 15 is 0 Å². The van der Waals surface area contributed by atoms with Crippen LogP contribution in [-0.4, -0.2) is 24.3 Å². The Kier molecular flexibility index (Phi) is 5.33. The Morgan fingerprint density at radius 1 is 1.08 bits per heavy atom. The Hall–Kier alpha value is -2.72. The van der Waals surface area contributed by atoms with Crippen LogP contribution in [0.15, 0.2) is 30.3 Å². The Morgan fingerprint density at radius 3 is 2.31 bits per heavy atom. The quantitative estimate of drug-likeness (QED) is 0.874. The number of anilines is 2. The zero-order chi connectivity index (χ0) is 18.7. The highest BCUT2D eigenvalue weighted by Crippen LogP contribution is 2.25. The van der Waals surface area contributed by atoms with Crippen molar-refractivity contribution >= 4 is 11.4 Å². The van der Waals surface area contributed by atoms with Crippen LogP contribution >= 0.6 is 0 Å². The molecule has 1 fully saturated rings. The fraction of sp³-hybridized carbons (Fsp3) is 0.316. The second-order valence-corrected chi connectivity index (χ2v) is 6.28. The van der Waals surface area contributed by atoms with E-state index in [0.29, 0.717) is 37.2 Å². The molecule has 26 heavy (non-hydrogen) atoms. The summed E-state index contributed by atoms with van der Waals surface area (Å²) in [6, 6.07) is 8.22. The maximum atomic E-state index is 14.4. The molecule has 136 valence electrons. The van der Waals surface area contributed by atoms with E-state index in [-0.39, 0.29) is 23.9 Å². The molecule has 1 saturated heterocycles. The van der Waals surface area contributed by atoms with Gasteiger partial charge in [-0.15, -0.1) is 0 Å². The summed E-state index contributed by atoms with van der Waals surface area (Å²) < 4.78 is 42.1. The number of nitriles is 1. The molecule has 2 aromatic rings. The van der Waals surface area contributed by atoms with E-state index in [9.17, 15) is 18.3 Å². The van der Waals surface area contributed by atoms with Crippen molar-refractivity contribution < 1.29 is 18.3 Å². The van der Waals surface area contributed by atoms with Crippen molar-refractivity contribution in [1.29, 1.82) is 5.26 Å². The van der Waals surface area contributed by atoms with E-state index < -0.39 is 17.5 Å². The van der Waals surface area contributed by atoms with Gasteiger partial charge in [0.05, 0.1) is 23.4 Å². The van der Waals surface area contributed by atoms with Crippen molar-refractivity contribution in [1.82, 2.24) is 0 Å². The van der Waals surface area contributed by atoms with Gasteiger partial charge in [-0.3, -0.25) is 0 Å². The fourth-order valence-electron chi connectivity index (χ4n) is 3.02. The van der Waals surface area contributed by atoms with Crippen LogP contribution < -0.4 is 10.2 Å². The topological polar surface area (TPSA) is 59.3 Å². The lowest BCUT2D eigenvalue weighted by Gasteiger charge is -2.31. The highest BCUT2D eigenvalue weighted by Gasteiger charge is 2.20. The number of aliphatic hydroxyl groups excluding tert-OH is 1. The van der Waals surface area contributed by atoms with Gasteiger partial charge in [0.2, 0.25) is 0 Å². The molecule has 1 heterocycles. The summed E-state index contributed by atoms with van der Waals surface area (Å²) in [6.07, 6.45) is 0.856. The van der Waals surface area contributed by atoms with E-state index in [1.54, 1.807) is 18.2 Å². The summed E-state index contributed by atoms with van der Waals surface area (Å²) in [4.78, 5) is 1.87. The van der Waals surface area contributed by atoms with Gasteiger partial charge in [-0.25, -0.2) is 13.2 Å². The standard InChI is InChI=1S/C19H18F3N3O/c20-15-7-12(1-2-18(15)25-5-3-14(26)4-6-25)11-24-19-16(21)8-13(10-23)9-17(19)22/h1-2,7-9,14,24,26H,3-6,11H2. The van der Waals surface area contributed by atoms with E-state index in [4.69, 9.17) is 5.26 Å². The zero-order valence-corrected chi connectivity index (χ0v) is 14.0. The van der Waals surface area contributed by atoms with Gasteiger partial charge in [-0.05, 0) is 42.7 Å². The molecule has 0 bridgehead atoms. The number of piperidine rings is 1. The number of aliphatic hydroxyl groups is 1. The third kappa shape index (κ3) is 3.92. The number of benzene rings is 2. The molecule has 0 atom stereocenters. The molecule has 0 spiro atoms. The zero-order valence-electron chi connectivity index (χ0n) is 14.0. The molecule has 0 unspecified atom stereocenters. The SMILES string of the molecule is N#Cc1cc(F)c(NCc2ccc(N3CCC(O)CC3)c(F)c2)c(F)c1. The fourth-order valence-corrected chi connectivity index (χ4v) is 3.02. The number of rotatable bonds is 4. The van der Waals surface area contributed by atoms with Crippen LogP contribution in [0.1, 0.15) is 24.0 Å². The van der Waals surface area contributed by atoms with Crippen LogP contribution in [0.3, 0.4) is 0 Å². The minimum Gasteiger partial charge on any atom is -0.393 e. The van der Waals surface area contributed by atoms with Gasteiger partial charge >= 0.3 is 0 Å². The normalized spacial score (nSPS) is 15.0. The number of hydrogen-bond donors (Lipinski definition) is 2. The maximum Gasteiger partial charge on any atom is 0.150 e. The van der Waals surface area contributed by atoms with Gasteiger partial charge in [0.1, 0.15) is 11.5 Å². The molecule has 2 aromatic carbocycles. The molecule has 0 aliphatic carbocycles. The summed E-state index contributed by atoms with van der Waals surface area (Å²) in [5.74, 6) is -2.16. The lowest BCUT2D eigenvalue weighted by atomic mass is 10.1. The van der Waals surface area contributed by atoms with Crippen molar-refractivity contribution in [3.63, 3.8) is 0 Å². The van der Waals surface area contributed by atoms with Gasteiger partial charge in [0.25, 0.3) is 0 Å². The molecule has 0 aromatic heterocycles. The lowest BCUT2D eigenvalue weighted by Crippen LogP contribution is -2.36. The van der Waals surface area contributed by atoms with E-state index in [0.717, 1.165) is 12.1 Å². The summed E-state index contributed by atoms with van der Waals surface area (Å²) in [6.45, 7) is 1.20. The summed E-state index contributed by atoms with van der Waals surface area (Å²) in [5.41, 5.74) is 0.536. The van der Waals surface area contributed by atoms with Gasteiger partial charge in [-0.1, -0.05) is 6.07 Å².